The molecule has 4 rings (SSSR count). The van der Waals surface area contributed by atoms with Gasteiger partial charge in [-0.2, -0.15) is 15.3 Å². The van der Waals surface area contributed by atoms with Gasteiger partial charge in [-0.25, -0.2) is 9.50 Å². The number of ether oxygens (including phenoxy) is 1. The van der Waals surface area contributed by atoms with Crippen molar-refractivity contribution < 1.29 is 9.53 Å². The Labute approximate surface area is 173 Å². The zero-order chi connectivity index (χ0) is 21.1. The summed E-state index contributed by atoms with van der Waals surface area (Å²) in [6, 6.07) is 16.8. The first-order valence-corrected chi connectivity index (χ1v) is 9.52. The third-order valence-corrected chi connectivity index (χ3v) is 5.00. The summed E-state index contributed by atoms with van der Waals surface area (Å²) in [6.45, 7) is 3.85. The molecule has 0 bridgehead atoms. The zero-order valence-corrected chi connectivity index (χ0v) is 16.7. The predicted octanol–water partition coefficient (Wildman–Crippen LogP) is 3.82. The van der Waals surface area contributed by atoms with E-state index in [1.165, 1.54) is 6.33 Å². The Morgan fingerprint density at radius 3 is 2.40 bits per heavy atom. The molecule has 0 radical (unpaired) electrons. The first kappa shape index (κ1) is 19.3. The van der Waals surface area contributed by atoms with Crippen LogP contribution in [0, 0.1) is 25.2 Å². The highest BCUT2D eigenvalue weighted by molar-refractivity contribution is 5.73. The summed E-state index contributed by atoms with van der Waals surface area (Å²) >= 11 is 0. The third-order valence-electron chi connectivity index (χ3n) is 5.00. The molecule has 148 valence electrons. The summed E-state index contributed by atoms with van der Waals surface area (Å²) in [6.07, 6.45) is 2.22. The van der Waals surface area contributed by atoms with E-state index in [1.807, 2.05) is 38.1 Å². The highest BCUT2D eigenvalue weighted by Gasteiger charge is 2.13. The fraction of sp³-hybridized carbons (Fsp3) is 0.174. The van der Waals surface area contributed by atoms with Crippen molar-refractivity contribution in [3.8, 4) is 22.9 Å². The number of aryl methyl sites for hydroxylation is 2. The van der Waals surface area contributed by atoms with Crippen molar-refractivity contribution in [2.24, 2.45) is 0 Å². The molecule has 0 fully saturated rings. The number of nitriles is 1. The quantitative estimate of drug-likeness (QED) is 0.375. The van der Waals surface area contributed by atoms with Crippen LogP contribution in [-0.4, -0.2) is 25.6 Å². The number of nitrogens with zero attached hydrogens (tertiary/aromatic N) is 5. The Morgan fingerprint density at radius 1 is 1.07 bits per heavy atom. The van der Waals surface area contributed by atoms with E-state index < -0.39 is 0 Å². The van der Waals surface area contributed by atoms with Gasteiger partial charge < -0.3 is 4.74 Å². The van der Waals surface area contributed by atoms with Crippen LogP contribution in [0.3, 0.4) is 0 Å². The summed E-state index contributed by atoms with van der Waals surface area (Å²) in [7, 11) is 0. The molecule has 7 heteroatoms. The normalized spacial score (nSPS) is 10.7. The molecular formula is C23H19N5O2. The SMILES string of the molecule is Cc1nc2ncnn2c(C)c1CCC(=O)Oc1ccc(-c2ccc(C#N)cc2)cc1. The smallest absolute Gasteiger partial charge is 0.311 e. The van der Waals surface area contributed by atoms with E-state index in [0.29, 0.717) is 23.5 Å². The van der Waals surface area contributed by atoms with Gasteiger partial charge >= 0.3 is 5.97 Å². The van der Waals surface area contributed by atoms with Gasteiger partial charge in [-0.15, -0.1) is 0 Å². The minimum atomic E-state index is -0.307. The molecule has 0 atom stereocenters. The lowest BCUT2D eigenvalue weighted by molar-refractivity contribution is -0.134. The van der Waals surface area contributed by atoms with Gasteiger partial charge in [-0.05, 0) is 61.2 Å². The molecule has 2 aromatic heterocycles. The molecule has 0 amide bonds. The molecule has 2 aromatic carbocycles. The van der Waals surface area contributed by atoms with Crippen LogP contribution in [0.2, 0.25) is 0 Å². The van der Waals surface area contributed by atoms with Gasteiger partial charge in [-0.1, -0.05) is 24.3 Å². The number of benzene rings is 2. The van der Waals surface area contributed by atoms with E-state index in [9.17, 15) is 4.79 Å². The summed E-state index contributed by atoms with van der Waals surface area (Å²) < 4.78 is 7.15. The monoisotopic (exact) mass is 397 g/mol. The highest BCUT2D eigenvalue weighted by Crippen LogP contribution is 2.23. The number of rotatable bonds is 5. The molecule has 0 unspecified atom stereocenters. The second-order valence-electron chi connectivity index (χ2n) is 6.92. The summed E-state index contributed by atoms with van der Waals surface area (Å²) in [5.74, 6) is 0.744. The van der Waals surface area contributed by atoms with E-state index in [1.54, 1.807) is 28.8 Å². The number of esters is 1. The van der Waals surface area contributed by atoms with Crippen LogP contribution in [0.25, 0.3) is 16.9 Å². The van der Waals surface area contributed by atoms with E-state index >= 15 is 0 Å². The molecular weight excluding hydrogens is 378 g/mol. The number of carbonyl (C=O) groups is 1. The lowest BCUT2D eigenvalue weighted by Gasteiger charge is -2.10. The standard InChI is InChI=1S/C23H19N5O2/c1-15-21(16(2)28-23(27-15)25-14-26-28)11-12-22(29)30-20-9-7-19(8-10-20)18-5-3-17(13-24)4-6-18/h3-10,14H,11-12H2,1-2H3. The Kier molecular flexibility index (Phi) is 5.22. The van der Waals surface area contributed by atoms with Crippen molar-refractivity contribution in [3.63, 3.8) is 0 Å². The number of hydrogen-bond donors (Lipinski definition) is 0. The topological polar surface area (TPSA) is 93.2 Å². The number of carbonyl (C=O) groups excluding carboxylic acids is 1. The van der Waals surface area contributed by atoms with Crippen LogP contribution in [0.5, 0.6) is 5.75 Å². The van der Waals surface area contributed by atoms with Gasteiger partial charge in [0.25, 0.3) is 5.78 Å². The Morgan fingerprint density at radius 2 is 1.73 bits per heavy atom. The molecule has 7 nitrogen and oxygen atoms in total. The Balaban J connectivity index is 1.40. The molecule has 2 heterocycles. The Bertz CT molecular complexity index is 1250. The van der Waals surface area contributed by atoms with E-state index in [0.717, 1.165) is 28.1 Å². The average molecular weight is 397 g/mol. The number of aromatic nitrogens is 4. The van der Waals surface area contributed by atoms with Crippen LogP contribution in [0.15, 0.2) is 54.9 Å². The van der Waals surface area contributed by atoms with Gasteiger partial charge in [0, 0.05) is 11.4 Å². The maximum absolute atomic E-state index is 12.3. The van der Waals surface area contributed by atoms with Crippen molar-refractivity contribution in [1.29, 1.82) is 5.26 Å². The zero-order valence-electron chi connectivity index (χ0n) is 16.7. The number of hydrogen-bond acceptors (Lipinski definition) is 6. The molecule has 0 spiro atoms. The Hall–Kier alpha value is -4.05. The van der Waals surface area contributed by atoms with Gasteiger partial charge in [0.15, 0.2) is 0 Å². The van der Waals surface area contributed by atoms with Crippen molar-refractivity contribution in [1.82, 2.24) is 19.6 Å². The molecule has 0 N–H and O–H groups in total. The van der Waals surface area contributed by atoms with Crippen LogP contribution < -0.4 is 4.74 Å². The third kappa shape index (κ3) is 3.89. The van der Waals surface area contributed by atoms with Crippen LogP contribution in [0.1, 0.15) is 28.9 Å². The second-order valence-corrected chi connectivity index (χ2v) is 6.92. The second kappa shape index (κ2) is 8.13. The molecule has 0 aliphatic rings. The molecule has 0 saturated heterocycles. The molecule has 4 aromatic rings. The van der Waals surface area contributed by atoms with Crippen molar-refractivity contribution in [3.05, 3.63) is 77.4 Å². The van der Waals surface area contributed by atoms with Crippen LogP contribution >= 0.6 is 0 Å². The fourth-order valence-corrected chi connectivity index (χ4v) is 3.38. The van der Waals surface area contributed by atoms with Gasteiger partial charge in [0.05, 0.1) is 18.1 Å². The van der Waals surface area contributed by atoms with E-state index in [4.69, 9.17) is 10.00 Å². The first-order chi connectivity index (χ1) is 14.5. The summed E-state index contributed by atoms with van der Waals surface area (Å²) in [5, 5.41) is 13.1. The molecule has 30 heavy (non-hydrogen) atoms. The maximum atomic E-state index is 12.3. The lowest BCUT2D eigenvalue weighted by Crippen LogP contribution is -2.12. The lowest BCUT2D eigenvalue weighted by atomic mass is 10.0. The minimum Gasteiger partial charge on any atom is -0.427 e. The molecule has 0 saturated carbocycles. The highest BCUT2D eigenvalue weighted by atomic mass is 16.5. The minimum absolute atomic E-state index is 0.237. The van der Waals surface area contributed by atoms with Gasteiger partial charge in [0.2, 0.25) is 0 Å². The van der Waals surface area contributed by atoms with Crippen LogP contribution in [0.4, 0.5) is 0 Å². The van der Waals surface area contributed by atoms with Crippen molar-refractivity contribution in [2.45, 2.75) is 26.7 Å². The fourth-order valence-electron chi connectivity index (χ4n) is 3.38. The predicted molar refractivity (Wildman–Crippen MR) is 111 cm³/mol. The largest absolute Gasteiger partial charge is 0.427 e. The van der Waals surface area contributed by atoms with Crippen molar-refractivity contribution in [2.75, 3.05) is 0 Å². The van der Waals surface area contributed by atoms with Crippen LogP contribution in [-0.2, 0) is 11.2 Å². The first-order valence-electron chi connectivity index (χ1n) is 9.52. The molecule has 0 aliphatic carbocycles. The van der Waals surface area contributed by atoms with E-state index in [-0.39, 0.29) is 12.4 Å². The number of fused-ring (bicyclic) bond motifs is 1. The van der Waals surface area contributed by atoms with Gasteiger partial charge in [0.1, 0.15) is 12.1 Å². The molecule has 0 aliphatic heterocycles. The maximum Gasteiger partial charge on any atom is 0.311 e. The summed E-state index contributed by atoms with van der Waals surface area (Å²) in [5.41, 5.74) is 5.34. The average Bonchev–Trinajstić information content (AvgIpc) is 3.23. The summed E-state index contributed by atoms with van der Waals surface area (Å²) in [4.78, 5) is 20.9. The van der Waals surface area contributed by atoms with Gasteiger partial charge in [-0.3, -0.25) is 4.79 Å². The van der Waals surface area contributed by atoms with E-state index in [2.05, 4.69) is 21.1 Å². The van der Waals surface area contributed by atoms with Crippen molar-refractivity contribution >= 4 is 11.7 Å².